The van der Waals surface area contributed by atoms with E-state index in [0.717, 1.165) is 6.42 Å². The number of carboxylic acids is 1. The molecule has 1 rings (SSSR count). The molecule has 21 heavy (non-hydrogen) atoms. The number of aliphatic carboxylic acids is 1. The van der Waals surface area contributed by atoms with Gasteiger partial charge in [0, 0.05) is 26.2 Å². The van der Waals surface area contributed by atoms with Crippen LogP contribution in [-0.2, 0) is 9.53 Å². The molecular formula is C15H28N2O4. The number of likely N-dealkylation sites (tertiary alicyclic amines) is 1. The fraction of sp³-hybridized carbons (Fsp3) is 0.867. The van der Waals surface area contributed by atoms with Crippen LogP contribution >= 0.6 is 0 Å². The van der Waals surface area contributed by atoms with Gasteiger partial charge in [-0.25, -0.2) is 4.79 Å². The first kappa shape index (κ1) is 17.8. The summed E-state index contributed by atoms with van der Waals surface area (Å²) in [4.78, 5) is 25.2. The largest absolute Gasteiger partial charge is 0.481 e. The van der Waals surface area contributed by atoms with Gasteiger partial charge in [0.25, 0.3) is 0 Å². The molecule has 0 aromatic rings. The van der Waals surface area contributed by atoms with Crippen LogP contribution in [0.1, 0.15) is 40.0 Å². The normalized spacial score (nSPS) is 22.4. The summed E-state index contributed by atoms with van der Waals surface area (Å²) in [6, 6.07) is -0.193. The summed E-state index contributed by atoms with van der Waals surface area (Å²) in [7, 11) is 0. The number of carboxylic acid groups (broad SMARTS) is 1. The molecule has 0 aliphatic carbocycles. The first-order chi connectivity index (χ1) is 9.91. The van der Waals surface area contributed by atoms with Crippen molar-refractivity contribution in [3.8, 4) is 0 Å². The van der Waals surface area contributed by atoms with Crippen LogP contribution in [-0.4, -0.2) is 54.9 Å². The first-order valence-corrected chi connectivity index (χ1v) is 7.75. The minimum Gasteiger partial charge on any atom is -0.481 e. The molecular weight excluding hydrogens is 272 g/mol. The van der Waals surface area contributed by atoms with Crippen LogP contribution in [0.5, 0.6) is 0 Å². The predicted octanol–water partition coefficient (Wildman–Crippen LogP) is 1.95. The van der Waals surface area contributed by atoms with Gasteiger partial charge in [0.05, 0.1) is 12.0 Å². The van der Waals surface area contributed by atoms with Crippen LogP contribution in [0.2, 0.25) is 0 Å². The number of piperidine rings is 1. The van der Waals surface area contributed by atoms with Crippen LogP contribution in [0.15, 0.2) is 0 Å². The van der Waals surface area contributed by atoms with E-state index in [-0.39, 0.29) is 12.6 Å². The SMILES string of the molecule is CCC1(C(=O)O)CCCN(C(=O)NCCOCC(C)C)C1. The topological polar surface area (TPSA) is 78.9 Å². The molecule has 1 heterocycles. The number of rotatable bonds is 7. The molecule has 6 heteroatoms. The number of nitrogens with zero attached hydrogens (tertiary/aromatic N) is 1. The fourth-order valence-electron chi connectivity index (χ4n) is 2.58. The van der Waals surface area contributed by atoms with E-state index in [2.05, 4.69) is 19.2 Å². The highest BCUT2D eigenvalue weighted by atomic mass is 16.5. The number of carbonyl (C=O) groups is 2. The maximum atomic E-state index is 12.1. The van der Waals surface area contributed by atoms with Crippen molar-refractivity contribution in [2.45, 2.75) is 40.0 Å². The van der Waals surface area contributed by atoms with Crippen molar-refractivity contribution in [3.63, 3.8) is 0 Å². The summed E-state index contributed by atoms with van der Waals surface area (Å²) >= 11 is 0. The second-order valence-corrected chi connectivity index (χ2v) is 6.16. The number of ether oxygens (including phenoxy) is 1. The Morgan fingerprint density at radius 2 is 2.14 bits per heavy atom. The minimum absolute atomic E-state index is 0.193. The van der Waals surface area contributed by atoms with Gasteiger partial charge >= 0.3 is 12.0 Å². The van der Waals surface area contributed by atoms with Crippen molar-refractivity contribution in [1.29, 1.82) is 0 Å². The molecule has 1 aliphatic heterocycles. The molecule has 1 unspecified atom stereocenters. The van der Waals surface area contributed by atoms with E-state index in [1.807, 2.05) is 6.92 Å². The number of hydrogen-bond donors (Lipinski definition) is 2. The second-order valence-electron chi connectivity index (χ2n) is 6.16. The molecule has 0 spiro atoms. The Bertz CT molecular complexity index is 360. The third kappa shape index (κ3) is 5.19. The lowest BCUT2D eigenvalue weighted by Gasteiger charge is -2.39. The number of urea groups is 1. The van der Waals surface area contributed by atoms with Crippen molar-refractivity contribution in [2.24, 2.45) is 11.3 Å². The van der Waals surface area contributed by atoms with Gasteiger partial charge in [0.1, 0.15) is 0 Å². The van der Waals surface area contributed by atoms with E-state index in [1.165, 1.54) is 0 Å². The van der Waals surface area contributed by atoms with Gasteiger partial charge in [-0.15, -0.1) is 0 Å². The van der Waals surface area contributed by atoms with E-state index < -0.39 is 11.4 Å². The smallest absolute Gasteiger partial charge is 0.317 e. The Morgan fingerprint density at radius 3 is 2.71 bits per heavy atom. The lowest BCUT2D eigenvalue weighted by atomic mass is 9.78. The number of amides is 2. The highest BCUT2D eigenvalue weighted by molar-refractivity contribution is 5.78. The van der Waals surface area contributed by atoms with E-state index in [9.17, 15) is 14.7 Å². The summed E-state index contributed by atoms with van der Waals surface area (Å²) in [5.41, 5.74) is -0.788. The van der Waals surface area contributed by atoms with Crippen LogP contribution in [0.25, 0.3) is 0 Å². The van der Waals surface area contributed by atoms with Gasteiger partial charge in [-0.1, -0.05) is 20.8 Å². The molecule has 2 N–H and O–H groups in total. The van der Waals surface area contributed by atoms with Crippen molar-refractivity contribution in [2.75, 3.05) is 32.8 Å². The molecule has 0 saturated carbocycles. The molecule has 1 aliphatic rings. The Balaban J connectivity index is 2.38. The third-order valence-corrected chi connectivity index (χ3v) is 3.97. The van der Waals surface area contributed by atoms with Gasteiger partial charge in [0.2, 0.25) is 0 Å². The zero-order valence-corrected chi connectivity index (χ0v) is 13.4. The van der Waals surface area contributed by atoms with Crippen LogP contribution in [0, 0.1) is 11.3 Å². The fourth-order valence-corrected chi connectivity index (χ4v) is 2.58. The number of hydrogen-bond acceptors (Lipinski definition) is 3. The van der Waals surface area contributed by atoms with Gasteiger partial charge in [0.15, 0.2) is 0 Å². The Hall–Kier alpha value is -1.30. The van der Waals surface area contributed by atoms with Gasteiger partial charge in [-0.05, 0) is 25.2 Å². The Morgan fingerprint density at radius 1 is 1.43 bits per heavy atom. The zero-order valence-electron chi connectivity index (χ0n) is 13.4. The molecule has 6 nitrogen and oxygen atoms in total. The molecule has 1 saturated heterocycles. The van der Waals surface area contributed by atoms with Crippen molar-refractivity contribution >= 4 is 12.0 Å². The minimum atomic E-state index is -0.803. The summed E-state index contributed by atoms with van der Waals surface area (Å²) in [6.45, 7) is 8.53. The monoisotopic (exact) mass is 300 g/mol. The molecule has 0 aromatic carbocycles. The maximum Gasteiger partial charge on any atom is 0.317 e. The summed E-state index contributed by atoms with van der Waals surface area (Å²) in [5, 5.41) is 12.2. The standard InChI is InChI=1S/C15H28N2O4/c1-4-15(13(18)19)6-5-8-17(11-15)14(20)16-7-9-21-10-12(2)3/h12H,4-11H2,1-3H3,(H,16,20)(H,18,19). The summed E-state index contributed by atoms with van der Waals surface area (Å²) in [6.07, 6.45) is 1.92. The van der Waals surface area contributed by atoms with E-state index in [4.69, 9.17) is 4.74 Å². The van der Waals surface area contributed by atoms with E-state index in [0.29, 0.717) is 45.1 Å². The van der Waals surface area contributed by atoms with Crippen molar-refractivity contribution < 1.29 is 19.4 Å². The second kappa shape index (κ2) is 8.22. The average Bonchev–Trinajstić information content (AvgIpc) is 2.46. The van der Waals surface area contributed by atoms with Crippen LogP contribution in [0.3, 0.4) is 0 Å². The molecule has 1 atom stereocenters. The molecule has 1 fully saturated rings. The van der Waals surface area contributed by atoms with Gasteiger partial charge in [-0.3, -0.25) is 4.79 Å². The molecule has 0 radical (unpaired) electrons. The zero-order chi connectivity index (χ0) is 15.9. The predicted molar refractivity (Wildman–Crippen MR) is 80.2 cm³/mol. The van der Waals surface area contributed by atoms with Gasteiger partial charge in [-0.2, -0.15) is 0 Å². The van der Waals surface area contributed by atoms with Crippen molar-refractivity contribution in [3.05, 3.63) is 0 Å². The average molecular weight is 300 g/mol. The summed E-state index contributed by atoms with van der Waals surface area (Å²) in [5.74, 6) is -0.328. The Labute approximate surface area is 126 Å². The van der Waals surface area contributed by atoms with Gasteiger partial charge < -0.3 is 20.1 Å². The third-order valence-electron chi connectivity index (χ3n) is 3.97. The molecule has 122 valence electrons. The molecule has 0 bridgehead atoms. The van der Waals surface area contributed by atoms with Crippen LogP contribution in [0.4, 0.5) is 4.79 Å². The number of nitrogens with one attached hydrogen (secondary N) is 1. The van der Waals surface area contributed by atoms with Crippen molar-refractivity contribution in [1.82, 2.24) is 10.2 Å². The highest BCUT2D eigenvalue weighted by Crippen LogP contribution is 2.33. The lowest BCUT2D eigenvalue weighted by molar-refractivity contribution is -0.152. The quantitative estimate of drug-likeness (QED) is 0.704. The number of carbonyl (C=O) groups excluding carboxylic acids is 1. The lowest BCUT2D eigenvalue weighted by Crippen LogP contribution is -2.52. The van der Waals surface area contributed by atoms with E-state index in [1.54, 1.807) is 4.90 Å². The molecule has 2 amide bonds. The summed E-state index contributed by atoms with van der Waals surface area (Å²) < 4.78 is 5.41. The first-order valence-electron chi connectivity index (χ1n) is 7.75. The maximum absolute atomic E-state index is 12.1. The van der Waals surface area contributed by atoms with Crippen LogP contribution < -0.4 is 5.32 Å². The van der Waals surface area contributed by atoms with E-state index >= 15 is 0 Å². The Kier molecular flexibility index (Phi) is 6.95. The highest BCUT2D eigenvalue weighted by Gasteiger charge is 2.42. The molecule has 0 aromatic heterocycles.